The molecule has 0 heterocycles. The zero-order valence-electron chi connectivity index (χ0n) is 10.1. The van der Waals surface area contributed by atoms with Crippen LogP contribution in [0.3, 0.4) is 0 Å². The molecule has 0 aromatic heterocycles. The normalized spacial score (nSPS) is 12.8. The van der Waals surface area contributed by atoms with Crippen LogP contribution in [0.5, 0.6) is 0 Å². The highest BCUT2D eigenvalue weighted by molar-refractivity contribution is 9.10. The minimum Gasteiger partial charge on any atom is -0.329 e. The highest BCUT2D eigenvalue weighted by Crippen LogP contribution is 2.21. The molecule has 0 atom stereocenters. The maximum atomic E-state index is 12.2. The van der Waals surface area contributed by atoms with Crippen molar-refractivity contribution in [2.24, 2.45) is 5.73 Å². The number of hydrogen-bond acceptors (Lipinski definition) is 3. The minimum atomic E-state index is -3.54. The van der Waals surface area contributed by atoms with Gasteiger partial charge in [0.1, 0.15) is 0 Å². The van der Waals surface area contributed by atoms with Gasteiger partial charge < -0.3 is 5.73 Å². The maximum absolute atomic E-state index is 12.2. The predicted octanol–water partition coefficient (Wildman–Crippen LogP) is 1.77. The lowest BCUT2D eigenvalue weighted by molar-refractivity contribution is 0.462. The standard InChI is InChI=1S/C11H17BrN2O2S/c1-8-4-5-9(12)6-10(8)17(15,16)14-11(2,3)7-13/h4-6,14H,7,13H2,1-3H3. The third kappa shape index (κ3) is 3.77. The summed E-state index contributed by atoms with van der Waals surface area (Å²) < 4.78 is 27.7. The van der Waals surface area contributed by atoms with Crippen LogP contribution in [0.25, 0.3) is 0 Å². The van der Waals surface area contributed by atoms with Gasteiger partial charge in [0.2, 0.25) is 10.0 Å². The van der Waals surface area contributed by atoms with Crippen molar-refractivity contribution in [3.8, 4) is 0 Å². The average molecular weight is 321 g/mol. The van der Waals surface area contributed by atoms with E-state index in [2.05, 4.69) is 20.7 Å². The molecule has 0 radical (unpaired) electrons. The first-order valence-electron chi connectivity index (χ1n) is 5.18. The van der Waals surface area contributed by atoms with Crippen LogP contribution in [0.15, 0.2) is 27.6 Å². The Morgan fingerprint density at radius 2 is 2.00 bits per heavy atom. The van der Waals surface area contributed by atoms with Crippen LogP contribution in [-0.4, -0.2) is 20.5 Å². The third-order valence-electron chi connectivity index (χ3n) is 2.36. The second-order valence-electron chi connectivity index (χ2n) is 4.60. The first kappa shape index (κ1) is 14.6. The van der Waals surface area contributed by atoms with Gasteiger partial charge in [-0.15, -0.1) is 0 Å². The summed E-state index contributed by atoms with van der Waals surface area (Å²) >= 11 is 3.27. The fourth-order valence-corrected chi connectivity index (χ4v) is 3.53. The molecule has 0 saturated heterocycles. The molecular formula is C11H17BrN2O2S. The van der Waals surface area contributed by atoms with Gasteiger partial charge >= 0.3 is 0 Å². The number of rotatable bonds is 4. The molecule has 1 aromatic rings. The van der Waals surface area contributed by atoms with Gasteiger partial charge in [0.15, 0.2) is 0 Å². The summed E-state index contributed by atoms with van der Waals surface area (Å²) in [5.74, 6) is 0. The van der Waals surface area contributed by atoms with Crippen LogP contribution in [0.1, 0.15) is 19.4 Å². The van der Waals surface area contributed by atoms with Crippen molar-refractivity contribution in [3.63, 3.8) is 0 Å². The fourth-order valence-electron chi connectivity index (χ4n) is 1.32. The van der Waals surface area contributed by atoms with E-state index in [-0.39, 0.29) is 11.4 Å². The molecule has 1 rings (SSSR count). The van der Waals surface area contributed by atoms with Gasteiger partial charge in [-0.3, -0.25) is 0 Å². The van der Waals surface area contributed by atoms with Crippen LogP contribution < -0.4 is 10.5 Å². The van der Waals surface area contributed by atoms with Crippen LogP contribution in [0, 0.1) is 6.92 Å². The number of nitrogens with two attached hydrogens (primary N) is 1. The van der Waals surface area contributed by atoms with Crippen LogP contribution in [0.4, 0.5) is 0 Å². The van der Waals surface area contributed by atoms with Crippen molar-refractivity contribution < 1.29 is 8.42 Å². The molecule has 6 heteroatoms. The highest BCUT2D eigenvalue weighted by Gasteiger charge is 2.26. The molecule has 0 saturated carbocycles. The average Bonchev–Trinajstić information content (AvgIpc) is 2.20. The predicted molar refractivity (Wildman–Crippen MR) is 72.3 cm³/mol. The largest absolute Gasteiger partial charge is 0.329 e. The van der Waals surface area contributed by atoms with Crippen molar-refractivity contribution in [1.82, 2.24) is 4.72 Å². The van der Waals surface area contributed by atoms with Crippen LogP contribution >= 0.6 is 15.9 Å². The number of aryl methyl sites for hydroxylation is 1. The Morgan fingerprint density at radius 1 is 1.41 bits per heavy atom. The molecule has 0 unspecified atom stereocenters. The summed E-state index contributed by atoms with van der Waals surface area (Å²) in [7, 11) is -3.54. The van der Waals surface area contributed by atoms with Gasteiger partial charge in [-0.05, 0) is 38.5 Å². The lowest BCUT2D eigenvalue weighted by atomic mass is 10.1. The van der Waals surface area contributed by atoms with E-state index in [9.17, 15) is 8.42 Å². The van der Waals surface area contributed by atoms with E-state index in [0.717, 1.165) is 4.47 Å². The molecular weight excluding hydrogens is 304 g/mol. The Kier molecular flexibility index (Phi) is 4.35. The first-order chi connectivity index (χ1) is 7.68. The maximum Gasteiger partial charge on any atom is 0.241 e. The van der Waals surface area contributed by atoms with Crippen LogP contribution in [-0.2, 0) is 10.0 Å². The van der Waals surface area contributed by atoms with E-state index in [1.54, 1.807) is 32.9 Å². The molecule has 1 aromatic carbocycles. The quantitative estimate of drug-likeness (QED) is 0.888. The lowest BCUT2D eigenvalue weighted by Crippen LogP contribution is -2.48. The molecule has 0 bridgehead atoms. The Bertz CT molecular complexity index is 512. The first-order valence-corrected chi connectivity index (χ1v) is 7.46. The monoisotopic (exact) mass is 320 g/mol. The molecule has 0 aliphatic carbocycles. The van der Waals surface area contributed by atoms with Gasteiger partial charge in [-0.1, -0.05) is 22.0 Å². The van der Waals surface area contributed by atoms with Gasteiger partial charge in [0.25, 0.3) is 0 Å². The SMILES string of the molecule is Cc1ccc(Br)cc1S(=O)(=O)NC(C)(C)CN. The number of hydrogen-bond donors (Lipinski definition) is 2. The van der Waals surface area contributed by atoms with E-state index < -0.39 is 15.6 Å². The summed E-state index contributed by atoms with van der Waals surface area (Å²) in [6.45, 7) is 5.49. The summed E-state index contributed by atoms with van der Waals surface area (Å²) in [5.41, 5.74) is 5.57. The van der Waals surface area contributed by atoms with Crippen molar-refractivity contribution in [3.05, 3.63) is 28.2 Å². The van der Waals surface area contributed by atoms with E-state index in [4.69, 9.17) is 5.73 Å². The van der Waals surface area contributed by atoms with Gasteiger partial charge in [0.05, 0.1) is 4.90 Å². The Hall–Kier alpha value is -0.430. The summed E-state index contributed by atoms with van der Waals surface area (Å²) in [5, 5.41) is 0. The molecule has 0 aliphatic rings. The summed E-state index contributed by atoms with van der Waals surface area (Å²) in [6, 6.07) is 5.15. The smallest absolute Gasteiger partial charge is 0.241 e. The van der Waals surface area contributed by atoms with E-state index >= 15 is 0 Å². The lowest BCUT2D eigenvalue weighted by Gasteiger charge is -2.24. The third-order valence-corrected chi connectivity index (χ3v) is 4.69. The Labute approximate surface area is 111 Å². The molecule has 4 nitrogen and oxygen atoms in total. The van der Waals surface area contributed by atoms with Gasteiger partial charge in [-0.25, -0.2) is 13.1 Å². The number of sulfonamides is 1. The van der Waals surface area contributed by atoms with Crippen LogP contribution in [0.2, 0.25) is 0 Å². The Morgan fingerprint density at radius 3 is 2.53 bits per heavy atom. The Balaban J connectivity index is 3.18. The minimum absolute atomic E-state index is 0.235. The molecule has 0 fully saturated rings. The molecule has 0 spiro atoms. The summed E-state index contributed by atoms with van der Waals surface area (Å²) in [4.78, 5) is 0.272. The van der Waals surface area contributed by atoms with E-state index in [1.807, 2.05) is 6.07 Å². The topological polar surface area (TPSA) is 72.2 Å². The molecule has 96 valence electrons. The number of benzene rings is 1. The second kappa shape index (κ2) is 5.06. The van der Waals surface area contributed by atoms with Gasteiger partial charge in [0, 0.05) is 16.6 Å². The van der Waals surface area contributed by atoms with Crippen molar-refractivity contribution in [1.29, 1.82) is 0 Å². The number of nitrogens with one attached hydrogen (secondary N) is 1. The van der Waals surface area contributed by atoms with E-state index in [1.165, 1.54) is 0 Å². The zero-order chi connectivity index (χ0) is 13.3. The van der Waals surface area contributed by atoms with Gasteiger partial charge in [-0.2, -0.15) is 0 Å². The highest BCUT2D eigenvalue weighted by atomic mass is 79.9. The summed E-state index contributed by atoms with van der Waals surface area (Å²) in [6.07, 6.45) is 0. The molecule has 0 amide bonds. The molecule has 0 aliphatic heterocycles. The molecule has 17 heavy (non-hydrogen) atoms. The second-order valence-corrected chi connectivity index (χ2v) is 7.17. The van der Waals surface area contributed by atoms with Crippen molar-refractivity contribution >= 4 is 26.0 Å². The number of halogens is 1. The van der Waals surface area contributed by atoms with Crippen molar-refractivity contribution in [2.75, 3.05) is 6.54 Å². The van der Waals surface area contributed by atoms with E-state index in [0.29, 0.717) is 5.56 Å². The fraction of sp³-hybridized carbons (Fsp3) is 0.455. The van der Waals surface area contributed by atoms with Crippen molar-refractivity contribution in [2.45, 2.75) is 31.2 Å². The molecule has 3 N–H and O–H groups in total. The zero-order valence-corrected chi connectivity index (χ0v) is 12.5.